The average Bonchev–Trinajstić information content (AvgIpc) is 3.36. The molecule has 0 radical (unpaired) electrons. The molecular formula is C20H31N7O7S. The van der Waals surface area contributed by atoms with Gasteiger partial charge in [0, 0.05) is 13.1 Å². The molecule has 0 saturated carbocycles. The third-order valence-corrected chi connectivity index (χ3v) is 5.92. The molecule has 2 aromatic rings. The van der Waals surface area contributed by atoms with Crippen LogP contribution in [0.15, 0.2) is 11.4 Å². The van der Waals surface area contributed by atoms with Crippen LogP contribution in [0.4, 0.5) is 5.95 Å². The molecule has 35 heavy (non-hydrogen) atoms. The molecule has 1 amide bonds. The molecule has 5 atom stereocenters. The first-order valence-corrected chi connectivity index (χ1v) is 11.7. The fraction of sp³-hybridized carbons (Fsp3) is 0.650. The monoisotopic (exact) mass is 513 g/mol. The number of rotatable bonds is 13. The third kappa shape index (κ3) is 6.77. The second kappa shape index (κ2) is 12.4. The van der Waals surface area contributed by atoms with E-state index in [2.05, 4.69) is 38.2 Å². The van der Waals surface area contributed by atoms with Crippen LogP contribution < -0.4 is 16.4 Å². The number of nitrogens with zero attached hydrogens (tertiary/aromatic N) is 4. The predicted molar refractivity (Wildman–Crippen MR) is 126 cm³/mol. The number of aliphatic carboxylic acids is 1. The molecule has 1 aliphatic rings. The van der Waals surface area contributed by atoms with Gasteiger partial charge >= 0.3 is 5.97 Å². The number of thiol groups is 1. The summed E-state index contributed by atoms with van der Waals surface area (Å²) in [5, 5.41) is 44.4. The SMILES string of the molecule is NC(CC(=O)O)C(=O)NCCCCCCNc1nc(S)c2ncn(C3O[C@H](CO)[C@H](O)C3O)c2n1. The molecule has 1 aliphatic heterocycles. The van der Waals surface area contributed by atoms with Crippen LogP contribution in [0.25, 0.3) is 11.2 Å². The number of hydrogen-bond donors (Lipinski definition) is 8. The van der Waals surface area contributed by atoms with Crippen molar-refractivity contribution in [2.75, 3.05) is 25.0 Å². The van der Waals surface area contributed by atoms with Crippen molar-refractivity contribution in [2.24, 2.45) is 5.73 Å². The lowest BCUT2D eigenvalue weighted by Gasteiger charge is -2.16. The Hall–Kier alpha value is -2.56. The molecule has 3 unspecified atom stereocenters. The molecule has 0 spiro atoms. The van der Waals surface area contributed by atoms with Gasteiger partial charge in [-0.1, -0.05) is 12.8 Å². The lowest BCUT2D eigenvalue weighted by Crippen LogP contribution is -2.42. The minimum Gasteiger partial charge on any atom is -0.481 e. The van der Waals surface area contributed by atoms with Crippen LogP contribution in [-0.4, -0.2) is 95.9 Å². The number of aliphatic hydroxyl groups is 3. The van der Waals surface area contributed by atoms with Gasteiger partial charge in [-0.3, -0.25) is 14.2 Å². The summed E-state index contributed by atoms with van der Waals surface area (Å²) in [6, 6.07) is -1.05. The van der Waals surface area contributed by atoms with E-state index >= 15 is 0 Å². The molecule has 194 valence electrons. The van der Waals surface area contributed by atoms with Crippen molar-refractivity contribution in [3.63, 3.8) is 0 Å². The molecule has 14 nitrogen and oxygen atoms in total. The number of aliphatic hydroxyl groups excluding tert-OH is 3. The van der Waals surface area contributed by atoms with Gasteiger partial charge < -0.3 is 41.5 Å². The van der Waals surface area contributed by atoms with Gasteiger partial charge in [0.1, 0.15) is 28.9 Å². The summed E-state index contributed by atoms with van der Waals surface area (Å²) in [7, 11) is 0. The highest BCUT2D eigenvalue weighted by atomic mass is 32.1. The number of amides is 1. The summed E-state index contributed by atoms with van der Waals surface area (Å²) in [4.78, 5) is 35.2. The summed E-state index contributed by atoms with van der Waals surface area (Å²) >= 11 is 4.37. The van der Waals surface area contributed by atoms with Crippen LogP contribution in [0.2, 0.25) is 0 Å². The van der Waals surface area contributed by atoms with Gasteiger partial charge in [0.25, 0.3) is 0 Å². The van der Waals surface area contributed by atoms with E-state index in [9.17, 15) is 24.9 Å². The Bertz CT molecular complexity index is 1020. The van der Waals surface area contributed by atoms with E-state index in [1.54, 1.807) is 0 Å². The molecule has 0 aromatic carbocycles. The first-order valence-electron chi connectivity index (χ1n) is 11.3. The number of hydrogen-bond acceptors (Lipinski definition) is 12. The van der Waals surface area contributed by atoms with Crippen LogP contribution in [0.3, 0.4) is 0 Å². The number of ether oxygens (including phenoxy) is 1. The van der Waals surface area contributed by atoms with Crippen LogP contribution >= 0.6 is 12.6 Å². The Morgan fingerprint density at radius 1 is 1.17 bits per heavy atom. The highest BCUT2D eigenvalue weighted by Crippen LogP contribution is 2.32. The van der Waals surface area contributed by atoms with E-state index in [1.807, 2.05) is 0 Å². The van der Waals surface area contributed by atoms with E-state index < -0.39 is 55.5 Å². The second-order valence-corrected chi connectivity index (χ2v) is 8.68. The third-order valence-electron chi connectivity index (χ3n) is 5.61. The first kappa shape index (κ1) is 27.0. The van der Waals surface area contributed by atoms with Gasteiger partial charge in [0.05, 0.1) is 25.4 Å². The van der Waals surface area contributed by atoms with E-state index in [1.165, 1.54) is 10.9 Å². The first-order chi connectivity index (χ1) is 16.7. The van der Waals surface area contributed by atoms with Crippen LogP contribution in [-0.2, 0) is 14.3 Å². The standard InChI is InChI=1S/C20H31N7O7S/c21-10(7-12(29)30)17(33)22-5-3-1-2-4-6-23-20-25-16-13(18(35)26-20)24-9-27(16)19-15(32)14(31)11(8-28)34-19/h9-11,14-15,19,28,31-32H,1-8,21H2,(H,22,33)(H,29,30)(H2,23,25,26,35)/t10?,11-,14+,15?,19?/m1/s1. The van der Waals surface area contributed by atoms with Crippen molar-refractivity contribution in [1.82, 2.24) is 24.8 Å². The van der Waals surface area contributed by atoms with E-state index in [0.717, 1.165) is 25.7 Å². The van der Waals surface area contributed by atoms with Crippen molar-refractivity contribution in [3.05, 3.63) is 6.33 Å². The largest absolute Gasteiger partial charge is 0.481 e. The number of carboxylic acids is 1. The topological polar surface area (TPSA) is 218 Å². The Morgan fingerprint density at radius 3 is 2.54 bits per heavy atom. The van der Waals surface area contributed by atoms with Gasteiger partial charge in [-0.05, 0) is 12.8 Å². The number of nitrogens with two attached hydrogens (primary N) is 1. The Morgan fingerprint density at radius 2 is 1.89 bits per heavy atom. The highest BCUT2D eigenvalue weighted by molar-refractivity contribution is 7.80. The summed E-state index contributed by atoms with van der Waals surface area (Å²) in [6.45, 7) is 0.565. The molecular weight excluding hydrogens is 482 g/mol. The summed E-state index contributed by atoms with van der Waals surface area (Å²) in [5.74, 6) is -1.27. The number of fused-ring (bicyclic) bond motifs is 1. The smallest absolute Gasteiger partial charge is 0.305 e. The maximum absolute atomic E-state index is 11.7. The maximum Gasteiger partial charge on any atom is 0.305 e. The fourth-order valence-electron chi connectivity index (χ4n) is 3.70. The molecule has 2 aromatic heterocycles. The van der Waals surface area contributed by atoms with Gasteiger partial charge in [-0.25, -0.2) is 9.97 Å². The molecule has 1 fully saturated rings. The number of carboxylic acid groups (broad SMARTS) is 1. The Balaban J connectivity index is 1.45. The Labute approximate surface area is 206 Å². The molecule has 0 bridgehead atoms. The number of anilines is 1. The van der Waals surface area contributed by atoms with E-state index in [0.29, 0.717) is 35.2 Å². The van der Waals surface area contributed by atoms with E-state index in [-0.39, 0.29) is 0 Å². The fourth-order valence-corrected chi connectivity index (χ4v) is 3.96. The van der Waals surface area contributed by atoms with Crippen LogP contribution in [0.1, 0.15) is 38.3 Å². The van der Waals surface area contributed by atoms with Crippen molar-refractivity contribution < 1.29 is 34.8 Å². The zero-order chi connectivity index (χ0) is 25.5. The predicted octanol–water partition coefficient (Wildman–Crippen LogP) is -1.38. The summed E-state index contributed by atoms with van der Waals surface area (Å²) in [5.41, 5.74) is 6.26. The van der Waals surface area contributed by atoms with Crippen molar-refractivity contribution in [1.29, 1.82) is 0 Å². The summed E-state index contributed by atoms with van der Waals surface area (Å²) in [6.07, 6.45) is -0.118. The van der Waals surface area contributed by atoms with Gasteiger partial charge in [0.2, 0.25) is 11.9 Å². The number of unbranched alkanes of at least 4 members (excludes halogenated alkanes) is 3. The van der Waals surface area contributed by atoms with Gasteiger partial charge in [-0.15, -0.1) is 12.6 Å². The lowest BCUT2D eigenvalue weighted by atomic mass is 10.1. The maximum atomic E-state index is 11.7. The molecule has 1 saturated heterocycles. The van der Waals surface area contributed by atoms with Crippen LogP contribution in [0.5, 0.6) is 0 Å². The van der Waals surface area contributed by atoms with Crippen molar-refractivity contribution in [2.45, 2.75) is 67.7 Å². The second-order valence-electron chi connectivity index (χ2n) is 8.26. The van der Waals surface area contributed by atoms with Gasteiger partial charge in [-0.2, -0.15) is 4.98 Å². The number of aromatic nitrogens is 4. The van der Waals surface area contributed by atoms with Crippen molar-refractivity contribution >= 4 is 41.6 Å². The molecule has 3 heterocycles. The van der Waals surface area contributed by atoms with Crippen molar-refractivity contribution in [3.8, 4) is 0 Å². The zero-order valence-corrected chi connectivity index (χ0v) is 19.8. The van der Waals surface area contributed by atoms with Crippen LogP contribution in [0, 0.1) is 0 Å². The molecule has 8 N–H and O–H groups in total. The average molecular weight is 514 g/mol. The number of carbonyl (C=O) groups is 2. The molecule has 0 aliphatic carbocycles. The minimum atomic E-state index is -1.27. The van der Waals surface area contributed by atoms with Gasteiger partial charge in [0.15, 0.2) is 11.9 Å². The minimum absolute atomic E-state index is 0.315. The number of imidazole rings is 1. The molecule has 3 rings (SSSR count). The highest BCUT2D eigenvalue weighted by Gasteiger charge is 2.44. The normalized spacial score (nSPS) is 22.9. The quantitative estimate of drug-likeness (QED) is 0.0882. The summed E-state index contributed by atoms with van der Waals surface area (Å²) < 4.78 is 7.04. The lowest BCUT2D eigenvalue weighted by molar-refractivity contribution is -0.139. The number of nitrogens with one attached hydrogen (secondary N) is 2. The number of carbonyl (C=O) groups excluding carboxylic acids is 1. The molecule has 15 heteroatoms. The van der Waals surface area contributed by atoms with E-state index in [4.69, 9.17) is 15.6 Å². The Kier molecular flexibility index (Phi) is 9.59. The zero-order valence-electron chi connectivity index (χ0n) is 18.9.